The third kappa shape index (κ3) is 4.63. The van der Waals surface area contributed by atoms with Gasteiger partial charge in [0.2, 0.25) is 5.91 Å². The summed E-state index contributed by atoms with van der Waals surface area (Å²) in [6.45, 7) is 3.96. The highest BCUT2D eigenvalue weighted by molar-refractivity contribution is 5.99. The first-order chi connectivity index (χ1) is 12.9. The van der Waals surface area contributed by atoms with Crippen molar-refractivity contribution in [3.63, 3.8) is 0 Å². The molecule has 3 amide bonds. The van der Waals surface area contributed by atoms with Crippen LogP contribution in [0, 0.1) is 5.92 Å². The van der Waals surface area contributed by atoms with E-state index in [1.807, 2.05) is 26.0 Å². The quantitative estimate of drug-likeness (QED) is 0.757. The Labute approximate surface area is 157 Å². The van der Waals surface area contributed by atoms with Crippen LogP contribution in [0.5, 0.6) is 5.75 Å². The number of hydrogen-bond acceptors (Lipinski definition) is 4. The van der Waals surface area contributed by atoms with E-state index < -0.39 is 0 Å². The Morgan fingerprint density at radius 1 is 1.15 bits per heavy atom. The van der Waals surface area contributed by atoms with Crippen molar-refractivity contribution >= 4 is 29.1 Å². The Bertz CT molecular complexity index is 875. The van der Waals surface area contributed by atoms with Gasteiger partial charge in [-0.1, -0.05) is 26.0 Å². The van der Waals surface area contributed by atoms with Gasteiger partial charge in [-0.15, -0.1) is 0 Å². The maximum Gasteiger partial charge on any atom is 0.262 e. The minimum absolute atomic E-state index is 0.0399. The summed E-state index contributed by atoms with van der Waals surface area (Å²) in [5, 5.41) is 8.35. The van der Waals surface area contributed by atoms with Gasteiger partial charge in [-0.05, 0) is 35.9 Å². The number of rotatable bonds is 5. The molecule has 3 rings (SSSR count). The van der Waals surface area contributed by atoms with E-state index in [0.717, 1.165) is 11.3 Å². The van der Waals surface area contributed by atoms with E-state index in [9.17, 15) is 14.4 Å². The molecule has 140 valence electrons. The number of hydrogen-bond donors (Lipinski definition) is 3. The summed E-state index contributed by atoms with van der Waals surface area (Å²) in [6, 6.07) is 12.2. The third-order valence-corrected chi connectivity index (χ3v) is 4.08. The third-order valence-electron chi connectivity index (χ3n) is 4.08. The highest BCUT2D eigenvalue weighted by Gasteiger charge is 2.17. The molecule has 0 radical (unpaired) electrons. The molecule has 0 bridgehead atoms. The van der Waals surface area contributed by atoms with Crippen LogP contribution >= 0.6 is 0 Å². The van der Waals surface area contributed by atoms with Gasteiger partial charge in [0.15, 0.2) is 6.61 Å². The average molecular weight is 367 g/mol. The molecule has 1 aliphatic heterocycles. The number of nitrogens with one attached hydrogen (secondary N) is 3. The predicted molar refractivity (Wildman–Crippen MR) is 102 cm³/mol. The summed E-state index contributed by atoms with van der Waals surface area (Å²) in [4.78, 5) is 35.3. The molecule has 0 aromatic heterocycles. The number of anilines is 2. The second kappa shape index (κ2) is 7.90. The van der Waals surface area contributed by atoms with Gasteiger partial charge in [0.05, 0.1) is 5.69 Å². The molecule has 0 spiro atoms. The highest BCUT2D eigenvalue weighted by Crippen LogP contribution is 2.28. The lowest BCUT2D eigenvalue weighted by Crippen LogP contribution is -2.26. The average Bonchev–Trinajstić information content (AvgIpc) is 2.66. The van der Waals surface area contributed by atoms with Crippen LogP contribution in [0.25, 0.3) is 0 Å². The SMILES string of the molecule is CC(C)C(=O)Nc1ccc(CNC(=O)c2ccc3c(c2)OCC(=O)N3)cc1. The zero-order valence-electron chi connectivity index (χ0n) is 15.2. The summed E-state index contributed by atoms with van der Waals surface area (Å²) in [5.41, 5.74) is 2.64. The normalized spacial score (nSPS) is 12.6. The maximum absolute atomic E-state index is 12.3. The first-order valence-electron chi connectivity index (χ1n) is 8.67. The largest absolute Gasteiger partial charge is 0.482 e. The molecule has 0 atom stereocenters. The Morgan fingerprint density at radius 3 is 2.59 bits per heavy atom. The van der Waals surface area contributed by atoms with Crippen LogP contribution in [0.2, 0.25) is 0 Å². The fourth-order valence-corrected chi connectivity index (χ4v) is 2.49. The lowest BCUT2D eigenvalue weighted by molar-refractivity contribution is -0.119. The van der Waals surface area contributed by atoms with Crippen molar-refractivity contribution in [1.82, 2.24) is 5.32 Å². The van der Waals surface area contributed by atoms with Crippen LogP contribution in [0.1, 0.15) is 29.8 Å². The van der Waals surface area contributed by atoms with Crippen molar-refractivity contribution in [2.45, 2.75) is 20.4 Å². The monoisotopic (exact) mass is 367 g/mol. The molecule has 7 heteroatoms. The minimum atomic E-state index is -0.240. The van der Waals surface area contributed by atoms with Crippen LogP contribution in [-0.2, 0) is 16.1 Å². The molecule has 27 heavy (non-hydrogen) atoms. The van der Waals surface area contributed by atoms with Gasteiger partial charge in [-0.2, -0.15) is 0 Å². The van der Waals surface area contributed by atoms with E-state index in [4.69, 9.17) is 4.74 Å². The smallest absolute Gasteiger partial charge is 0.262 e. The zero-order chi connectivity index (χ0) is 19.4. The molecule has 2 aromatic rings. The summed E-state index contributed by atoms with van der Waals surface area (Å²) in [6.07, 6.45) is 0. The lowest BCUT2D eigenvalue weighted by Gasteiger charge is -2.18. The number of amides is 3. The van der Waals surface area contributed by atoms with Gasteiger partial charge in [0.25, 0.3) is 11.8 Å². The van der Waals surface area contributed by atoms with Gasteiger partial charge in [0, 0.05) is 23.7 Å². The zero-order valence-corrected chi connectivity index (χ0v) is 15.2. The standard InChI is InChI=1S/C20H21N3O4/c1-12(2)19(25)22-15-6-3-13(4-7-15)10-21-20(26)14-5-8-16-17(9-14)27-11-18(24)23-16/h3-9,12H,10-11H2,1-2H3,(H,21,26)(H,22,25)(H,23,24). The van der Waals surface area contributed by atoms with E-state index in [-0.39, 0.29) is 30.2 Å². The topological polar surface area (TPSA) is 96.5 Å². The fourth-order valence-electron chi connectivity index (χ4n) is 2.49. The molecular weight excluding hydrogens is 346 g/mol. The Balaban J connectivity index is 1.57. The molecule has 3 N–H and O–H groups in total. The second-order valence-corrected chi connectivity index (χ2v) is 6.57. The van der Waals surface area contributed by atoms with Crippen LogP contribution in [0.4, 0.5) is 11.4 Å². The number of fused-ring (bicyclic) bond motifs is 1. The molecule has 1 heterocycles. The molecule has 7 nitrogen and oxygen atoms in total. The van der Waals surface area contributed by atoms with Crippen molar-refractivity contribution in [2.24, 2.45) is 5.92 Å². The Morgan fingerprint density at radius 2 is 1.89 bits per heavy atom. The molecule has 0 unspecified atom stereocenters. The van der Waals surface area contributed by atoms with Crippen LogP contribution in [0.3, 0.4) is 0 Å². The van der Waals surface area contributed by atoms with Gasteiger partial charge in [-0.25, -0.2) is 0 Å². The van der Waals surface area contributed by atoms with Gasteiger partial charge in [0.1, 0.15) is 5.75 Å². The highest BCUT2D eigenvalue weighted by atomic mass is 16.5. The van der Waals surface area contributed by atoms with Crippen LogP contribution in [-0.4, -0.2) is 24.3 Å². The molecule has 1 aliphatic rings. The summed E-state index contributed by atoms with van der Waals surface area (Å²) in [5.74, 6) is -0.101. The lowest BCUT2D eigenvalue weighted by atomic mass is 10.1. The van der Waals surface area contributed by atoms with E-state index in [1.54, 1.807) is 30.3 Å². The van der Waals surface area contributed by atoms with Gasteiger partial charge in [-0.3, -0.25) is 14.4 Å². The molecule has 0 fully saturated rings. The van der Waals surface area contributed by atoms with Crippen LogP contribution < -0.4 is 20.7 Å². The number of ether oxygens (including phenoxy) is 1. The van der Waals surface area contributed by atoms with E-state index in [2.05, 4.69) is 16.0 Å². The maximum atomic E-state index is 12.3. The molecule has 0 saturated carbocycles. The minimum Gasteiger partial charge on any atom is -0.482 e. The second-order valence-electron chi connectivity index (χ2n) is 6.57. The van der Waals surface area contributed by atoms with E-state index in [0.29, 0.717) is 23.5 Å². The van der Waals surface area contributed by atoms with Crippen molar-refractivity contribution in [3.05, 3.63) is 53.6 Å². The number of carbonyl (C=O) groups excluding carboxylic acids is 3. The van der Waals surface area contributed by atoms with Gasteiger partial charge < -0.3 is 20.7 Å². The predicted octanol–water partition coefficient (Wildman–Crippen LogP) is 2.54. The Kier molecular flexibility index (Phi) is 5.40. The molecule has 2 aromatic carbocycles. The van der Waals surface area contributed by atoms with Crippen molar-refractivity contribution in [1.29, 1.82) is 0 Å². The first kappa shape index (κ1) is 18.4. The van der Waals surface area contributed by atoms with Crippen LogP contribution in [0.15, 0.2) is 42.5 Å². The summed E-state index contributed by atoms with van der Waals surface area (Å²) < 4.78 is 5.32. The van der Waals surface area contributed by atoms with Gasteiger partial charge >= 0.3 is 0 Å². The summed E-state index contributed by atoms with van der Waals surface area (Å²) in [7, 11) is 0. The summed E-state index contributed by atoms with van der Waals surface area (Å²) >= 11 is 0. The van der Waals surface area contributed by atoms with E-state index >= 15 is 0 Å². The number of benzene rings is 2. The molecule has 0 saturated heterocycles. The number of carbonyl (C=O) groups is 3. The van der Waals surface area contributed by atoms with Crippen molar-refractivity contribution in [2.75, 3.05) is 17.2 Å². The first-order valence-corrected chi connectivity index (χ1v) is 8.67. The molecular formula is C20H21N3O4. The molecule has 0 aliphatic carbocycles. The van der Waals surface area contributed by atoms with Crippen molar-refractivity contribution < 1.29 is 19.1 Å². The van der Waals surface area contributed by atoms with Crippen molar-refractivity contribution in [3.8, 4) is 5.75 Å². The Hall–Kier alpha value is -3.35. The fraction of sp³-hybridized carbons (Fsp3) is 0.250. The van der Waals surface area contributed by atoms with E-state index in [1.165, 1.54) is 0 Å².